The van der Waals surface area contributed by atoms with E-state index in [1.165, 1.54) is 0 Å². The Morgan fingerprint density at radius 3 is 2.33 bits per heavy atom. The largest absolute Gasteiger partial charge is 0.385 e. The SMILES string of the molecule is CC(C)(C)c1nc(C2CCCO2)sc1C(C)(C)O. The maximum atomic E-state index is 10.3. The summed E-state index contributed by atoms with van der Waals surface area (Å²) < 4.78 is 5.70. The first-order chi connectivity index (χ1) is 8.19. The summed E-state index contributed by atoms with van der Waals surface area (Å²) in [5.41, 5.74) is 0.116. The van der Waals surface area contributed by atoms with Gasteiger partial charge < -0.3 is 9.84 Å². The summed E-state index contributed by atoms with van der Waals surface area (Å²) in [4.78, 5) is 5.74. The second-order valence-electron chi connectivity index (χ2n) is 6.54. The molecule has 0 bridgehead atoms. The van der Waals surface area contributed by atoms with E-state index in [4.69, 9.17) is 9.72 Å². The van der Waals surface area contributed by atoms with Crippen LogP contribution in [0.4, 0.5) is 0 Å². The monoisotopic (exact) mass is 269 g/mol. The van der Waals surface area contributed by atoms with Crippen molar-refractivity contribution in [2.75, 3.05) is 6.61 Å². The summed E-state index contributed by atoms with van der Waals surface area (Å²) in [7, 11) is 0. The lowest BCUT2D eigenvalue weighted by atomic mass is 9.88. The zero-order valence-corrected chi connectivity index (χ0v) is 12.7. The van der Waals surface area contributed by atoms with Gasteiger partial charge in [0.25, 0.3) is 0 Å². The molecule has 1 N–H and O–H groups in total. The van der Waals surface area contributed by atoms with E-state index in [1.54, 1.807) is 11.3 Å². The Morgan fingerprint density at radius 2 is 1.94 bits per heavy atom. The van der Waals surface area contributed by atoms with E-state index in [9.17, 15) is 5.11 Å². The van der Waals surface area contributed by atoms with Gasteiger partial charge in [0.1, 0.15) is 11.1 Å². The third-order valence-electron chi connectivity index (χ3n) is 3.11. The van der Waals surface area contributed by atoms with E-state index in [1.807, 2.05) is 13.8 Å². The van der Waals surface area contributed by atoms with Crippen LogP contribution in [0.1, 0.15) is 69.1 Å². The molecule has 0 aliphatic carbocycles. The molecule has 0 radical (unpaired) electrons. The van der Waals surface area contributed by atoms with Gasteiger partial charge >= 0.3 is 0 Å². The van der Waals surface area contributed by atoms with Gasteiger partial charge in [0.15, 0.2) is 0 Å². The Morgan fingerprint density at radius 1 is 1.28 bits per heavy atom. The van der Waals surface area contributed by atoms with E-state index < -0.39 is 5.60 Å². The zero-order chi connectivity index (χ0) is 13.6. The van der Waals surface area contributed by atoms with Crippen molar-refractivity contribution in [1.29, 1.82) is 0 Å². The second-order valence-corrected chi connectivity index (χ2v) is 7.57. The molecule has 2 rings (SSSR count). The normalized spacial score (nSPS) is 21.6. The van der Waals surface area contributed by atoms with Crippen LogP contribution >= 0.6 is 11.3 Å². The Bertz CT molecular complexity index is 388. The van der Waals surface area contributed by atoms with Crippen LogP contribution in [0.5, 0.6) is 0 Å². The molecule has 0 saturated carbocycles. The number of rotatable bonds is 2. The fourth-order valence-electron chi connectivity index (χ4n) is 2.17. The van der Waals surface area contributed by atoms with E-state index in [0.29, 0.717) is 0 Å². The Balaban J connectivity index is 2.44. The predicted molar refractivity (Wildman–Crippen MR) is 74.0 cm³/mol. The van der Waals surface area contributed by atoms with E-state index in [2.05, 4.69) is 20.8 Å². The average Bonchev–Trinajstić information content (AvgIpc) is 2.84. The van der Waals surface area contributed by atoms with Crippen molar-refractivity contribution >= 4 is 11.3 Å². The van der Waals surface area contributed by atoms with Crippen LogP contribution in [0, 0.1) is 0 Å². The van der Waals surface area contributed by atoms with Gasteiger partial charge in [-0.3, -0.25) is 0 Å². The first kappa shape index (κ1) is 14.0. The lowest BCUT2D eigenvalue weighted by Gasteiger charge is -2.23. The van der Waals surface area contributed by atoms with Gasteiger partial charge in [0.2, 0.25) is 0 Å². The van der Waals surface area contributed by atoms with Crippen molar-refractivity contribution in [3.63, 3.8) is 0 Å². The molecule has 1 aromatic rings. The first-order valence-corrected chi connectivity index (χ1v) is 7.37. The Hall–Kier alpha value is -0.450. The van der Waals surface area contributed by atoms with Crippen LogP contribution in [0.3, 0.4) is 0 Å². The van der Waals surface area contributed by atoms with E-state index in [0.717, 1.165) is 35.0 Å². The van der Waals surface area contributed by atoms with Crippen LogP contribution in [0.25, 0.3) is 0 Å². The summed E-state index contributed by atoms with van der Waals surface area (Å²) in [6.07, 6.45) is 2.28. The number of thiazole rings is 1. The van der Waals surface area contributed by atoms with E-state index >= 15 is 0 Å². The minimum Gasteiger partial charge on any atom is -0.385 e. The molecule has 1 atom stereocenters. The molecule has 1 unspecified atom stereocenters. The fraction of sp³-hybridized carbons (Fsp3) is 0.786. The van der Waals surface area contributed by atoms with Crippen LogP contribution in [-0.4, -0.2) is 16.7 Å². The summed E-state index contributed by atoms with van der Waals surface area (Å²) in [5, 5.41) is 11.3. The number of ether oxygens (including phenoxy) is 1. The highest BCUT2D eigenvalue weighted by molar-refractivity contribution is 7.12. The lowest BCUT2D eigenvalue weighted by molar-refractivity contribution is 0.0803. The number of hydrogen-bond donors (Lipinski definition) is 1. The molecule has 4 heteroatoms. The van der Waals surface area contributed by atoms with E-state index in [-0.39, 0.29) is 11.5 Å². The smallest absolute Gasteiger partial charge is 0.122 e. The molecule has 2 heterocycles. The highest BCUT2D eigenvalue weighted by atomic mass is 32.1. The fourth-order valence-corrected chi connectivity index (χ4v) is 3.53. The molecule has 0 amide bonds. The second kappa shape index (κ2) is 4.58. The highest BCUT2D eigenvalue weighted by Gasteiger charge is 2.33. The van der Waals surface area contributed by atoms with Gasteiger partial charge in [0.05, 0.1) is 16.2 Å². The van der Waals surface area contributed by atoms with Gasteiger partial charge in [-0.05, 0) is 26.7 Å². The molecule has 3 nitrogen and oxygen atoms in total. The molecular formula is C14H23NO2S. The highest BCUT2D eigenvalue weighted by Crippen LogP contribution is 2.40. The minimum absolute atomic E-state index is 0.0529. The summed E-state index contributed by atoms with van der Waals surface area (Å²) >= 11 is 1.60. The minimum atomic E-state index is -0.836. The molecule has 1 fully saturated rings. The van der Waals surface area contributed by atoms with Crippen molar-refractivity contribution in [3.8, 4) is 0 Å². The molecule has 1 saturated heterocycles. The van der Waals surface area contributed by atoms with Crippen LogP contribution < -0.4 is 0 Å². The van der Waals surface area contributed by atoms with Crippen molar-refractivity contribution in [1.82, 2.24) is 4.98 Å². The van der Waals surface area contributed by atoms with Gasteiger partial charge in [-0.2, -0.15) is 0 Å². The van der Waals surface area contributed by atoms with Crippen molar-refractivity contribution in [2.24, 2.45) is 0 Å². The quantitative estimate of drug-likeness (QED) is 0.893. The van der Waals surface area contributed by atoms with Crippen LogP contribution in [0.2, 0.25) is 0 Å². The molecular weight excluding hydrogens is 246 g/mol. The third-order valence-corrected chi connectivity index (χ3v) is 4.58. The van der Waals surface area contributed by atoms with Gasteiger partial charge in [-0.1, -0.05) is 20.8 Å². The summed E-state index contributed by atoms with van der Waals surface area (Å²) in [6.45, 7) is 10.9. The first-order valence-electron chi connectivity index (χ1n) is 6.55. The zero-order valence-electron chi connectivity index (χ0n) is 11.9. The standard InChI is InChI=1S/C14H23NO2S/c1-13(2,3)10-11(14(4,5)16)18-12(15-10)9-7-6-8-17-9/h9,16H,6-8H2,1-5H3. The third kappa shape index (κ3) is 2.76. The van der Waals surface area contributed by atoms with Crippen LogP contribution in [-0.2, 0) is 15.8 Å². The molecule has 1 aliphatic heterocycles. The molecule has 18 heavy (non-hydrogen) atoms. The van der Waals surface area contributed by atoms with Crippen LogP contribution in [0.15, 0.2) is 0 Å². The topological polar surface area (TPSA) is 42.4 Å². The summed E-state index contributed by atoms with van der Waals surface area (Å²) in [6, 6.07) is 0. The predicted octanol–water partition coefficient (Wildman–Crippen LogP) is 3.52. The summed E-state index contributed by atoms with van der Waals surface area (Å²) in [5.74, 6) is 0. The number of hydrogen-bond acceptors (Lipinski definition) is 4. The average molecular weight is 269 g/mol. The maximum absolute atomic E-state index is 10.3. The Kier molecular flexibility index (Phi) is 3.56. The van der Waals surface area contributed by atoms with Gasteiger partial charge in [-0.15, -0.1) is 11.3 Å². The van der Waals surface area contributed by atoms with Crippen molar-refractivity contribution in [3.05, 3.63) is 15.6 Å². The lowest BCUT2D eigenvalue weighted by Crippen LogP contribution is -2.22. The maximum Gasteiger partial charge on any atom is 0.122 e. The molecule has 0 aromatic carbocycles. The van der Waals surface area contributed by atoms with Gasteiger partial charge in [0, 0.05) is 12.0 Å². The number of aliphatic hydroxyl groups is 1. The molecule has 0 spiro atoms. The Labute approximate surface area is 113 Å². The molecule has 102 valence electrons. The van der Waals surface area contributed by atoms with Gasteiger partial charge in [-0.25, -0.2) is 4.98 Å². The van der Waals surface area contributed by atoms with Crippen molar-refractivity contribution < 1.29 is 9.84 Å². The molecule has 1 aromatic heterocycles. The van der Waals surface area contributed by atoms with Crippen molar-refractivity contribution in [2.45, 2.75) is 64.6 Å². The number of aromatic nitrogens is 1. The molecule has 1 aliphatic rings. The number of nitrogens with zero attached hydrogens (tertiary/aromatic N) is 1.